The lowest BCUT2D eigenvalue weighted by molar-refractivity contribution is -0.130. The molecule has 15 heavy (non-hydrogen) atoms. The van der Waals surface area contributed by atoms with Crippen LogP contribution in [0, 0.1) is 5.92 Å². The Kier molecular flexibility index (Phi) is 7.74. The van der Waals surface area contributed by atoms with Crippen molar-refractivity contribution in [3.8, 4) is 0 Å². The van der Waals surface area contributed by atoms with Crippen molar-refractivity contribution in [2.75, 3.05) is 33.4 Å². The molecule has 5 heteroatoms. The molecule has 2 N–H and O–H groups in total. The van der Waals surface area contributed by atoms with Gasteiger partial charge in [-0.3, -0.25) is 4.79 Å². The highest BCUT2D eigenvalue weighted by Gasteiger charge is 2.21. The highest BCUT2D eigenvalue weighted by Crippen LogP contribution is 2.28. The lowest BCUT2D eigenvalue weighted by Gasteiger charge is -2.16. The zero-order valence-corrected chi connectivity index (χ0v) is 10.1. The third-order valence-corrected chi connectivity index (χ3v) is 2.41. The Hall–Kier alpha value is -0.320. The second-order valence-corrected chi connectivity index (χ2v) is 3.87. The van der Waals surface area contributed by atoms with Crippen LogP contribution in [-0.4, -0.2) is 44.2 Å². The largest absolute Gasteiger partial charge is 0.379 e. The maximum absolute atomic E-state index is 11.3. The molecule has 90 valence electrons. The zero-order chi connectivity index (χ0) is 10.4. The molecule has 0 saturated heterocycles. The van der Waals surface area contributed by atoms with Crippen molar-refractivity contribution >= 4 is 18.3 Å². The molecule has 1 aliphatic rings. The van der Waals surface area contributed by atoms with Gasteiger partial charge < -0.3 is 15.4 Å². The molecule has 0 aromatic rings. The molecular formula is C10H21ClN2O2. The fourth-order valence-electron chi connectivity index (χ4n) is 1.18. The summed E-state index contributed by atoms with van der Waals surface area (Å²) in [4.78, 5) is 13.0. The third-order valence-electron chi connectivity index (χ3n) is 2.41. The number of halogens is 1. The van der Waals surface area contributed by atoms with E-state index in [4.69, 9.17) is 10.5 Å². The van der Waals surface area contributed by atoms with E-state index in [0.29, 0.717) is 26.1 Å². The van der Waals surface area contributed by atoms with Crippen molar-refractivity contribution < 1.29 is 9.53 Å². The van der Waals surface area contributed by atoms with Crippen molar-refractivity contribution in [3.63, 3.8) is 0 Å². The van der Waals surface area contributed by atoms with E-state index >= 15 is 0 Å². The Morgan fingerprint density at radius 2 is 2.20 bits per heavy atom. The molecule has 0 atom stereocenters. The molecule has 1 rings (SSSR count). The molecule has 0 radical (unpaired) electrons. The minimum atomic E-state index is 0. The first-order valence-electron chi connectivity index (χ1n) is 5.26. The maximum Gasteiger partial charge on any atom is 0.223 e. The summed E-state index contributed by atoms with van der Waals surface area (Å²) in [7, 11) is 1.79. The highest BCUT2D eigenvalue weighted by atomic mass is 35.5. The Balaban J connectivity index is 0.00000196. The van der Waals surface area contributed by atoms with Crippen molar-refractivity contribution in [2.24, 2.45) is 11.7 Å². The first-order chi connectivity index (χ1) is 6.74. The number of nitrogens with zero attached hydrogens (tertiary/aromatic N) is 1. The van der Waals surface area contributed by atoms with Crippen LogP contribution in [0.4, 0.5) is 0 Å². The molecule has 0 bridgehead atoms. The minimum Gasteiger partial charge on any atom is -0.379 e. The average Bonchev–Trinajstić information content (AvgIpc) is 2.96. The Morgan fingerprint density at radius 1 is 1.53 bits per heavy atom. The van der Waals surface area contributed by atoms with Crippen LogP contribution in [0.5, 0.6) is 0 Å². The van der Waals surface area contributed by atoms with Gasteiger partial charge in [0.2, 0.25) is 5.91 Å². The number of likely N-dealkylation sites (N-methyl/N-ethyl adjacent to an activating group) is 1. The standard InChI is InChI=1S/C10H20N2O2.ClH/c1-12(10(13)4-5-11)6-7-14-8-9-2-3-9;/h9H,2-8,11H2,1H3;1H. The normalized spacial score (nSPS) is 14.5. The summed E-state index contributed by atoms with van der Waals surface area (Å²) >= 11 is 0. The SMILES string of the molecule is CN(CCOCC1CC1)C(=O)CCN.Cl. The summed E-state index contributed by atoms with van der Waals surface area (Å²) < 4.78 is 5.43. The number of carbonyl (C=O) groups is 1. The summed E-state index contributed by atoms with van der Waals surface area (Å²) in [5.74, 6) is 0.891. The summed E-state index contributed by atoms with van der Waals surface area (Å²) in [6, 6.07) is 0. The van der Waals surface area contributed by atoms with E-state index in [-0.39, 0.29) is 18.3 Å². The summed E-state index contributed by atoms with van der Waals surface area (Å²) in [5.41, 5.74) is 5.29. The minimum absolute atomic E-state index is 0. The van der Waals surface area contributed by atoms with E-state index in [1.54, 1.807) is 11.9 Å². The summed E-state index contributed by atoms with van der Waals surface area (Å²) in [5, 5.41) is 0. The molecule has 0 aromatic carbocycles. The Labute approximate surface area is 97.5 Å². The van der Waals surface area contributed by atoms with Gasteiger partial charge in [0.05, 0.1) is 6.61 Å². The van der Waals surface area contributed by atoms with E-state index < -0.39 is 0 Å². The topological polar surface area (TPSA) is 55.6 Å². The summed E-state index contributed by atoms with van der Waals surface area (Å²) in [6.45, 7) is 2.60. The molecule has 1 amide bonds. The highest BCUT2D eigenvalue weighted by molar-refractivity contribution is 5.85. The van der Waals surface area contributed by atoms with Crippen LogP contribution < -0.4 is 5.73 Å². The number of ether oxygens (including phenoxy) is 1. The second-order valence-electron chi connectivity index (χ2n) is 3.87. The lowest BCUT2D eigenvalue weighted by Crippen LogP contribution is -2.31. The molecular weight excluding hydrogens is 216 g/mol. The monoisotopic (exact) mass is 236 g/mol. The van der Waals surface area contributed by atoms with Crippen LogP contribution in [-0.2, 0) is 9.53 Å². The predicted octanol–water partition coefficient (Wildman–Crippen LogP) is 0.642. The van der Waals surface area contributed by atoms with Gasteiger partial charge in [-0.1, -0.05) is 0 Å². The number of hydrogen-bond acceptors (Lipinski definition) is 3. The second kappa shape index (κ2) is 7.91. The molecule has 0 aromatic heterocycles. The van der Waals surface area contributed by atoms with Gasteiger partial charge in [-0.25, -0.2) is 0 Å². The van der Waals surface area contributed by atoms with Gasteiger partial charge in [-0.15, -0.1) is 12.4 Å². The van der Waals surface area contributed by atoms with E-state index in [0.717, 1.165) is 12.5 Å². The van der Waals surface area contributed by atoms with Crippen molar-refractivity contribution in [2.45, 2.75) is 19.3 Å². The smallest absolute Gasteiger partial charge is 0.223 e. The van der Waals surface area contributed by atoms with Crippen LogP contribution in [0.15, 0.2) is 0 Å². The molecule has 1 fully saturated rings. The van der Waals surface area contributed by atoms with Crippen LogP contribution in [0.25, 0.3) is 0 Å². The average molecular weight is 237 g/mol. The van der Waals surface area contributed by atoms with Gasteiger partial charge >= 0.3 is 0 Å². The van der Waals surface area contributed by atoms with Gasteiger partial charge in [0, 0.05) is 33.2 Å². The van der Waals surface area contributed by atoms with Gasteiger partial charge in [0.15, 0.2) is 0 Å². The molecule has 1 aliphatic carbocycles. The van der Waals surface area contributed by atoms with E-state index in [1.807, 2.05) is 0 Å². The molecule has 0 heterocycles. The lowest BCUT2D eigenvalue weighted by atomic mass is 10.4. The number of hydrogen-bond donors (Lipinski definition) is 1. The van der Waals surface area contributed by atoms with E-state index in [9.17, 15) is 4.79 Å². The van der Waals surface area contributed by atoms with Crippen molar-refractivity contribution in [1.29, 1.82) is 0 Å². The number of rotatable bonds is 7. The first-order valence-corrected chi connectivity index (χ1v) is 5.26. The van der Waals surface area contributed by atoms with Gasteiger partial charge in [-0.2, -0.15) is 0 Å². The van der Waals surface area contributed by atoms with Gasteiger partial charge in [0.25, 0.3) is 0 Å². The number of amides is 1. The van der Waals surface area contributed by atoms with Gasteiger partial charge in [0.1, 0.15) is 0 Å². The van der Waals surface area contributed by atoms with Crippen LogP contribution in [0.3, 0.4) is 0 Å². The fraction of sp³-hybridized carbons (Fsp3) is 0.900. The number of nitrogens with two attached hydrogens (primary N) is 1. The maximum atomic E-state index is 11.3. The quantitative estimate of drug-likeness (QED) is 0.661. The van der Waals surface area contributed by atoms with Crippen molar-refractivity contribution in [3.05, 3.63) is 0 Å². The van der Waals surface area contributed by atoms with Crippen LogP contribution in [0.2, 0.25) is 0 Å². The Bertz CT molecular complexity index is 186. The van der Waals surface area contributed by atoms with Crippen LogP contribution >= 0.6 is 12.4 Å². The zero-order valence-electron chi connectivity index (χ0n) is 9.28. The van der Waals surface area contributed by atoms with Crippen LogP contribution in [0.1, 0.15) is 19.3 Å². The molecule has 4 nitrogen and oxygen atoms in total. The molecule has 1 saturated carbocycles. The first kappa shape index (κ1) is 14.7. The fourth-order valence-corrected chi connectivity index (χ4v) is 1.18. The predicted molar refractivity (Wildman–Crippen MR) is 62.1 cm³/mol. The van der Waals surface area contributed by atoms with E-state index in [1.165, 1.54) is 12.8 Å². The third kappa shape index (κ3) is 6.71. The molecule has 0 spiro atoms. The van der Waals surface area contributed by atoms with Crippen molar-refractivity contribution in [1.82, 2.24) is 4.90 Å². The van der Waals surface area contributed by atoms with Gasteiger partial charge in [-0.05, 0) is 18.8 Å². The Morgan fingerprint density at radius 3 is 2.73 bits per heavy atom. The number of carbonyl (C=O) groups excluding carboxylic acids is 1. The van der Waals surface area contributed by atoms with E-state index in [2.05, 4.69) is 0 Å². The summed E-state index contributed by atoms with van der Waals surface area (Å²) in [6.07, 6.45) is 3.04. The molecule has 0 unspecified atom stereocenters. The molecule has 0 aliphatic heterocycles.